The van der Waals surface area contributed by atoms with E-state index in [1.165, 1.54) is 18.2 Å². The number of carboxylic acids is 1. The molecule has 1 aromatic rings. The number of carboxylic acid groups (broad SMARTS) is 1. The lowest BCUT2D eigenvalue weighted by atomic mass is 10.1. The summed E-state index contributed by atoms with van der Waals surface area (Å²) < 4.78 is 54.2. The van der Waals surface area contributed by atoms with Gasteiger partial charge in [-0.15, -0.1) is 0 Å². The number of hydrogen-bond acceptors (Lipinski definition) is 4. The molecule has 0 aliphatic heterocycles. The summed E-state index contributed by atoms with van der Waals surface area (Å²) >= 11 is 0. The Bertz CT molecular complexity index is 600. The van der Waals surface area contributed by atoms with Gasteiger partial charge in [0.25, 0.3) is 0 Å². The Labute approximate surface area is 143 Å². The van der Waals surface area contributed by atoms with Crippen molar-refractivity contribution in [2.24, 2.45) is 0 Å². The molecule has 1 saturated carbocycles. The maximum atomic E-state index is 13.9. The average molecular weight is 362 g/mol. The van der Waals surface area contributed by atoms with Crippen LogP contribution in [0.4, 0.5) is 13.2 Å². The standard InChI is InChI=1S/C17H21F3O5/c1-16(6-2-3-7-16)25-14-10-12(4-5-13(14)18)11-23-8-9-24-17(19,20)15(21)22/h4-5,10H,2-3,6-9,11H2,1H3,(H,21,22). The molecule has 0 heterocycles. The Kier molecular flexibility index (Phi) is 6.29. The SMILES string of the molecule is CC1(Oc2cc(COCCOC(F)(F)C(=O)O)ccc2F)CCCC1. The van der Waals surface area contributed by atoms with E-state index in [1.54, 1.807) is 0 Å². The summed E-state index contributed by atoms with van der Waals surface area (Å²) in [5.41, 5.74) is 0.235. The van der Waals surface area contributed by atoms with Crippen LogP contribution < -0.4 is 4.74 Å². The van der Waals surface area contributed by atoms with Gasteiger partial charge in [-0.2, -0.15) is 8.78 Å². The molecule has 0 unspecified atom stereocenters. The molecule has 0 spiro atoms. The van der Waals surface area contributed by atoms with Gasteiger partial charge < -0.3 is 19.3 Å². The monoisotopic (exact) mass is 362 g/mol. The zero-order valence-electron chi connectivity index (χ0n) is 13.9. The molecule has 0 amide bonds. The lowest BCUT2D eigenvalue weighted by molar-refractivity contribution is -0.248. The topological polar surface area (TPSA) is 65.0 Å². The zero-order chi connectivity index (χ0) is 18.5. The van der Waals surface area contributed by atoms with Gasteiger partial charge in [0.05, 0.1) is 19.8 Å². The Balaban J connectivity index is 1.82. The molecule has 25 heavy (non-hydrogen) atoms. The minimum Gasteiger partial charge on any atom is -0.484 e. The van der Waals surface area contributed by atoms with Crippen molar-refractivity contribution in [2.45, 2.75) is 50.9 Å². The fourth-order valence-corrected chi connectivity index (χ4v) is 2.69. The van der Waals surface area contributed by atoms with Crippen LogP contribution in [-0.4, -0.2) is 36.0 Å². The number of rotatable bonds is 9. The molecular weight excluding hydrogens is 341 g/mol. The summed E-state index contributed by atoms with van der Waals surface area (Å²) in [5, 5.41) is 8.21. The zero-order valence-corrected chi connectivity index (χ0v) is 13.9. The van der Waals surface area contributed by atoms with Crippen molar-refractivity contribution in [3.8, 4) is 5.75 Å². The van der Waals surface area contributed by atoms with Crippen LogP contribution in [0.2, 0.25) is 0 Å². The van der Waals surface area contributed by atoms with Crippen LogP contribution in [0.3, 0.4) is 0 Å². The van der Waals surface area contributed by atoms with E-state index in [0.717, 1.165) is 25.7 Å². The minimum absolute atomic E-state index is 0.0371. The number of ether oxygens (including phenoxy) is 3. The second-order valence-corrected chi connectivity index (χ2v) is 6.25. The summed E-state index contributed by atoms with van der Waals surface area (Å²) in [4.78, 5) is 10.2. The number of benzene rings is 1. The minimum atomic E-state index is -4.24. The van der Waals surface area contributed by atoms with Gasteiger partial charge in [-0.05, 0) is 50.3 Å². The summed E-state index contributed by atoms with van der Waals surface area (Å²) in [6.07, 6.45) is -0.425. The van der Waals surface area contributed by atoms with Gasteiger partial charge in [0.15, 0.2) is 11.6 Å². The van der Waals surface area contributed by atoms with E-state index in [1.807, 2.05) is 6.92 Å². The second kappa shape index (κ2) is 8.05. The Hall–Kier alpha value is -1.80. The van der Waals surface area contributed by atoms with E-state index in [4.69, 9.17) is 14.6 Å². The molecule has 8 heteroatoms. The first-order valence-electron chi connectivity index (χ1n) is 8.02. The van der Waals surface area contributed by atoms with Crippen molar-refractivity contribution >= 4 is 5.97 Å². The first kappa shape index (κ1) is 19.5. The van der Waals surface area contributed by atoms with Gasteiger partial charge >= 0.3 is 12.1 Å². The summed E-state index contributed by atoms with van der Waals surface area (Å²) in [6, 6.07) is 4.29. The van der Waals surface area contributed by atoms with Gasteiger partial charge in [0.1, 0.15) is 5.60 Å². The Morgan fingerprint density at radius 3 is 2.60 bits per heavy atom. The van der Waals surface area contributed by atoms with Crippen LogP contribution in [0.5, 0.6) is 5.75 Å². The van der Waals surface area contributed by atoms with Gasteiger partial charge in [0, 0.05) is 0 Å². The molecule has 0 radical (unpaired) electrons. The molecule has 1 N–H and O–H groups in total. The van der Waals surface area contributed by atoms with Crippen LogP contribution in [-0.2, 0) is 20.9 Å². The number of hydrogen-bond donors (Lipinski definition) is 1. The maximum Gasteiger partial charge on any atom is 0.456 e. The maximum absolute atomic E-state index is 13.9. The Morgan fingerprint density at radius 1 is 1.28 bits per heavy atom. The van der Waals surface area contributed by atoms with Gasteiger partial charge in [-0.3, -0.25) is 0 Å². The second-order valence-electron chi connectivity index (χ2n) is 6.25. The van der Waals surface area contributed by atoms with Crippen LogP contribution in [0, 0.1) is 5.82 Å². The first-order valence-corrected chi connectivity index (χ1v) is 8.02. The lowest BCUT2D eigenvalue weighted by Gasteiger charge is -2.26. The molecule has 0 saturated heterocycles. The number of halogens is 3. The predicted molar refractivity (Wildman–Crippen MR) is 82.1 cm³/mol. The third-order valence-corrected chi connectivity index (χ3v) is 4.04. The highest BCUT2D eigenvalue weighted by molar-refractivity contribution is 5.73. The number of alkyl halides is 2. The summed E-state index contributed by atoms with van der Waals surface area (Å²) in [7, 11) is 0. The molecule has 1 aliphatic carbocycles. The molecule has 5 nitrogen and oxygen atoms in total. The number of carbonyl (C=O) groups is 1. The van der Waals surface area contributed by atoms with Crippen molar-refractivity contribution < 1.29 is 37.3 Å². The van der Waals surface area contributed by atoms with Crippen molar-refractivity contribution in [1.82, 2.24) is 0 Å². The Morgan fingerprint density at radius 2 is 1.96 bits per heavy atom. The summed E-state index contributed by atoms with van der Waals surface area (Å²) in [5.74, 6) is -2.69. The lowest BCUT2D eigenvalue weighted by Crippen LogP contribution is -2.32. The van der Waals surface area contributed by atoms with Gasteiger partial charge in [-0.1, -0.05) is 6.07 Å². The van der Waals surface area contributed by atoms with Crippen molar-refractivity contribution in [3.63, 3.8) is 0 Å². The van der Waals surface area contributed by atoms with Gasteiger partial charge in [0.2, 0.25) is 0 Å². The third-order valence-electron chi connectivity index (χ3n) is 4.04. The van der Waals surface area contributed by atoms with E-state index in [2.05, 4.69) is 4.74 Å². The molecule has 0 bridgehead atoms. The molecule has 0 atom stereocenters. The van der Waals surface area contributed by atoms with Crippen molar-refractivity contribution in [2.75, 3.05) is 13.2 Å². The highest BCUT2D eigenvalue weighted by Gasteiger charge is 2.40. The predicted octanol–water partition coefficient (Wildman–Crippen LogP) is 3.75. The quantitative estimate of drug-likeness (QED) is 0.678. The van der Waals surface area contributed by atoms with E-state index >= 15 is 0 Å². The highest BCUT2D eigenvalue weighted by atomic mass is 19.3. The van der Waals surface area contributed by atoms with E-state index in [-0.39, 0.29) is 24.6 Å². The fraction of sp³-hybridized carbons (Fsp3) is 0.588. The molecule has 0 aromatic heterocycles. The van der Waals surface area contributed by atoms with Gasteiger partial charge in [-0.25, -0.2) is 9.18 Å². The van der Waals surface area contributed by atoms with Crippen LogP contribution in [0.15, 0.2) is 18.2 Å². The van der Waals surface area contributed by atoms with E-state index in [9.17, 15) is 18.0 Å². The molecule has 140 valence electrons. The first-order chi connectivity index (χ1) is 11.7. The fourth-order valence-electron chi connectivity index (χ4n) is 2.69. The van der Waals surface area contributed by atoms with E-state index < -0.39 is 24.5 Å². The van der Waals surface area contributed by atoms with Crippen molar-refractivity contribution in [1.29, 1.82) is 0 Å². The average Bonchev–Trinajstić information content (AvgIpc) is 2.96. The van der Waals surface area contributed by atoms with E-state index in [0.29, 0.717) is 5.56 Å². The smallest absolute Gasteiger partial charge is 0.456 e. The molecular formula is C17H21F3O5. The molecule has 1 aliphatic rings. The largest absolute Gasteiger partial charge is 0.484 e. The third kappa shape index (κ3) is 5.61. The molecule has 2 rings (SSSR count). The van der Waals surface area contributed by atoms with Crippen LogP contribution >= 0.6 is 0 Å². The van der Waals surface area contributed by atoms with Crippen molar-refractivity contribution in [3.05, 3.63) is 29.6 Å². The highest BCUT2D eigenvalue weighted by Crippen LogP contribution is 2.35. The van der Waals surface area contributed by atoms with Crippen LogP contribution in [0.25, 0.3) is 0 Å². The van der Waals surface area contributed by atoms with Crippen LogP contribution in [0.1, 0.15) is 38.2 Å². The molecule has 1 aromatic carbocycles. The normalized spacial score (nSPS) is 16.8. The summed E-state index contributed by atoms with van der Waals surface area (Å²) in [6.45, 7) is 1.17. The molecule has 1 fully saturated rings. The number of aliphatic carboxylic acids is 1.